The van der Waals surface area contributed by atoms with Crippen LogP contribution in [0.3, 0.4) is 0 Å². The maximum atomic E-state index is 14.5. The number of nitrogens with zero attached hydrogens (tertiary/aromatic N) is 4. The Morgan fingerprint density at radius 3 is 2.60 bits per heavy atom. The Morgan fingerprint density at radius 1 is 1.00 bits per heavy atom. The molecule has 6 aromatic rings. The standard InChI is InChI=1S/C30H22FN9O8/c31-17-5-1-12(7-15(17)11-33-22-21(32)23(41)24(22)42)10-34-27(44)20-9-19(36-28-39-48-30(46)40(20)28)26(43)35-18-6-3-13-8-14(2-4-16(13)18)25-37-29(45)47-38-25/h1-2,4-5,7-9,18,33H,3,6,10-11,32H2,(H,34,44)(H,35,43)(H,37,38,45)/t18-/m0/s1. The van der Waals surface area contributed by atoms with Gasteiger partial charge in [0.2, 0.25) is 0 Å². The van der Waals surface area contributed by atoms with Gasteiger partial charge < -0.3 is 21.7 Å². The first-order valence-corrected chi connectivity index (χ1v) is 14.3. The molecule has 0 spiro atoms. The molecule has 3 aromatic carbocycles. The van der Waals surface area contributed by atoms with Crippen LogP contribution in [0.25, 0.3) is 17.2 Å². The molecule has 0 saturated heterocycles. The molecule has 242 valence electrons. The molecule has 1 aliphatic rings. The average Bonchev–Trinajstić information content (AvgIpc) is 3.82. The van der Waals surface area contributed by atoms with Crippen LogP contribution >= 0.6 is 0 Å². The second-order valence-electron chi connectivity index (χ2n) is 10.9. The number of nitrogen functional groups attached to an aromatic ring is 1. The molecule has 18 heteroatoms. The van der Waals surface area contributed by atoms with E-state index in [1.807, 2.05) is 6.07 Å². The molecule has 48 heavy (non-hydrogen) atoms. The fourth-order valence-corrected chi connectivity index (χ4v) is 5.55. The lowest BCUT2D eigenvalue weighted by Gasteiger charge is -2.15. The zero-order chi connectivity index (χ0) is 33.7. The highest BCUT2D eigenvalue weighted by Crippen LogP contribution is 2.33. The summed E-state index contributed by atoms with van der Waals surface area (Å²) in [6, 6.07) is 10.1. The molecule has 0 aliphatic heterocycles. The van der Waals surface area contributed by atoms with Gasteiger partial charge in [0.25, 0.3) is 28.4 Å². The Balaban J connectivity index is 1.07. The number of hydrogen-bond acceptors (Lipinski definition) is 13. The van der Waals surface area contributed by atoms with E-state index < -0.39 is 46.0 Å². The van der Waals surface area contributed by atoms with E-state index in [2.05, 4.69) is 45.3 Å². The number of halogens is 1. The zero-order valence-electron chi connectivity index (χ0n) is 24.5. The minimum atomic E-state index is -1.00. The molecule has 17 nitrogen and oxygen atoms in total. The Morgan fingerprint density at radius 2 is 1.83 bits per heavy atom. The molecule has 0 radical (unpaired) electrons. The van der Waals surface area contributed by atoms with E-state index in [0.717, 1.165) is 21.6 Å². The minimum absolute atomic E-state index is 0.0910. The van der Waals surface area contributed by atoms with Crippen LogP contribution < -0.4 is 44.1 Å². The van der Waals surface area contributed by atoms with Crippen molar-refractivity contribution in [3.63, 3.8) is 0 Å². The first kappa shape index (κ1) is 30.0. The molecule has 1 atom stereocenters. The third-order valence-corrected chi connectivity index (χ3v) is 7.99. The first-order valence-electron chi connectivity index (χ1n) is 14.3. The fourth-order valence-electron chi connectivity index (χ4n) is 5.55. The predicted molar refractivity (Wildman–Crippen MR) is 163 cm³/mol. The summed E-state index contributed by atoms with van der Waals surface area (Å²) >= 11 is 0. The number of aromatic amines is 1. The molecule has 3 aromatic heterocycles. The topological polar surface area (TPSA) is 250 Å². The lowest BCUT2D eigenvalue weighted by Crippen LogP contribution is -2.37. The van der Waals surface area contributed by atoms with Gasteiger partial charge >= 0.3 is 11.5 Å². The third-order valence-electron chi connectivity index (χ3n) is 7.99. The van der Waals surface area contributed by atoms with Crippen LogP contribution in [-0.2, 0) is 19.5 Å². The summed E-state index contributed by atoms with van der Waals surface area (Å²) in [6.07, 6.45) is 1.19. The van der Waals surface area contributed by atoms with Gasteiger partial charge in [-0.1, -0.05) is 23.4 Å². The molecular weight excluding hydrogens is 633 g/mol. The number of aryl methyl sites for hydroxylation is 1. The van der Waals surface area contributed by atoms with E-state index in [-0.39, 0.29) is 53.0 Å². The number of rotatable bonds is 9. The van der Waals surface area contributed by atoms with Crippen molar-refractivity contribution in [2.75, 3.05) is 11.1 Å². The van der Waals surface area contributed by atoms with E-state index >= 15 is 0 Å². The van der Waals surface area contributed by atoms with Crippen molar-refractivity contribution in [1.82, 2.24) is 35.3 Å². The quantitative estimate of drug-likeness (QED) is 0.132. The van der Waals surface area contributed by atoms with Crippen LogP contribution in [0.2, 0.25) is 0 Å². The van der Waals surface area contributed by atoms with Crippen LogP contribution in [0.5, 0.6) is 0 Å². The highest BCUT2D eigenvalue weighted by Gasteiger charge is 2.27. The minimum Gasteiger partial charge on any atom is -0.394 e. The lowest BCUT2D eigenvalue weighted by atomic mass is 10.0. The molecule has 2 amide bonds. The summed E-state index contributed by atoms with van der Waals surface area (Å²) in [4.78, 5) is 80.0. The number of nitrogens with one attached hydrogen (secondary N) is 4. The Hall–Kier alpha value is -6.72. The fraction of sp³-hybridized carbons (Fsp3) is 0.167. The molecule has 7 rings (SSSR count). The van der Waals surface area contributed by atoms with Gasteiger partial charge in [0.1, 0.15) is 28.6 Å². The Kier molecular flexibility index (Phi) is 7.22. The first-order chi connectivity index (χ1) is 23.1. The van der Waals surface area contributed by atoms with Gasteiger partial charge in [-0.05, 0) is 59.0 Å². The predicted octanol–water partition coefficient (Wildman–Crippen LogP) is 0.302. The normalized spacial score (nSPS) is 13.9. The second-order valence-corrected chi connectivity index (χ2v) is 10.9. The molecule has 0 bridgehead atoms. The van der Waals surface area contributed by atoms with Gasteiger partial charge in [-0.2, -0.15) is 0 Å². The van der Waals surface area contributed by atoms with Gasteiger partial charge in [0.15, 0.2) is 5.82 Å². The molecular formula is C30H22FN9O8. The number of nitrogens with two attached hydrogens (primary N) is 1. The van der Waals surface area contributed by atoms with Crippen LogP contribution in [0.15, 0.2) is 70.7 Å². The van der Waals surface area contributed by atoms with Gasteiger partial charge in [-0.3, -0.25) is 33.2 Å². The van der Waals surface area contributed by atoms with Gasteiger partial charge in [0.05, 0.1) is 6.04 Å². The molecule has 0 fully saturated rings. The summed E-state index contributed by atoms with van der Waals surface area (Å²) < 4.78 is 24.5. The van der Waals surface area contributed by atoms with Crippen molar-refractivity contribution in [2.45, 2.75) is 32.0 Å². The summed E-state index contributed by atoms with van der Waals surface area (Å²) in [5.41, 5.74) is 6.11. The number of hydrogen-bond donors (Lipinski definition) is 5. The van der Waals surface area contributed by atoms with Crippen molar-refractivity contribution in [1.29, 1.82) is 0 Å². The van der Waals surface area contributed by atoms with Crippen molar-refractivity contribution >= 4 is 29.0 Å². The molecule has 0 unspecified atom stereocenters. The Labute approximate surface area is 265 Å². The average molecular weight is 656 g/mol. The number of carbonyl (C=O) groups excluding carboxylic acids is 2. The van der Waals surface area contributed by atoms with Crippen LogP contribution in [0.1, 0.15) is 55.7 Å². The van der Waals surface area contributed by atoms with Crippen LogP contribution in [0.4, 0.5) is 15.8 Å². The number of benzene rings is 2. The maximum absolute atomic E-state index is 14.5. The number of H-pyrrole nitrogens is 1. The largest absolute Gasteiger partial charge is 0.448 e. The van der Waals surface area contributed by atoms with E-state index in [0.29, 0.717) is 24.0 Å². The highest BCUT2D eigenvalue weighted by atomic mass is 19.1. The molecule has 3 heterocycles. The van der Waals surface area contributed by atoms with Crippen molar-refractivity contribution in [3.8, 4) is 11.4 Å². The number of anilines is 2. The number of amides is 2. The zero-order valence-corrected chi connectivity index (χ0v) is 24.5. The lowest BCUT2D eigenvalue weighted by molar-refractivity contribution is 0.0931. The van der Waals surface area contributed by atoms with Gasteiger partial charge in [0, 0.05) is 24.2 Å². The second kappa shape index (κ2) is 11.6. The summed E-state index contributed by atoms with van der Waals surface area (Å²) in [5.74, 6) is -3.74. The van der Waals surface area contributed by atoms with Crippen molar-refractivity contribution < 1.29 is 23.0 Å². The van der Waals surface area contributed by atoms with Crippen LogP contribution in [-0.4, -0.2) is 36.5 Å². The SMILES string of the molecule is Nc1c(NCc2cc(CNC(=O)c3cc(C(=O)N[C@H]4CCc5cc(-c6noc(=O)[nH]6)ccc54)nc4noc(=O)n34)ccc2F)c(=O)c1=O. The summed E-state index contributed by atoms with van der Waals surface area (Å²) in [5, 5.41) is 15.4. The molecule has 0 saturated carbocycles. The van der Waals surface area contributed by atoms with E-state index in [1.54, 1.807) is 12.1 Å². The number of fused-ring (bicyclic) bond motifs is 2. The monoisotopic (exact) mass is 655 g/mol. The Bertz CT molecular complexity index is 2470. The number of carbonyl (C=O) groups is 2. The summed E-state index contributed by atoms with van der Waals surface area (Å²) in [7, 11) is 0. The maximum Gasteiger partial charge on any atom is 0.448 e. The molecule has 1 aliphatic carbocycles. The molecule has 6 N–H and O–H groups in total. The van der Waals surface area contributed by atoms with Gasteiger partial charge in [-0.25, -0.2) is 23.4 Å². The smallest absolute Gasteiger partial charge is 0.394 e. The van der Waals surface area contributed by atoms with Crippen molar-refractivity contribution in [3.05, 3.63) is 123 Å². The van der Waals surface area contributed by atoms with E-state index in [1.165, 1.54) is 18.2 Å². The summed E-state index contributed by atoms with van der Waals surface area (Å²) in [6.45, 7) is -0.278. The van der Waals surface area contributed by atoms with Crippen molar-refractivity contribution in [2.24, 2.45) is 0 Å². The van der Waals surface area contributed by atoms with Crippen LogP contribution in [0, 0.1) is 5.82 Å². The number of aromatic nitrogens is 5. The highest BCUT2D eigenvalue weighted by molar-refractivity contribution is 5.98. The van der Waals surface area contributed by atoms with E-state index in [4.69, 9.17) is 5.73 Å². The van der Waals surface area contributed by atoms with Gasteiger partial charge in [-0.15, -0.1) is 0 Å². The van der Waals surface area contributed by atoms with E-state index in [9.17, 15) is 33.2 Å². The third kappa shape index (κ3) is 5.29.